The molecule has 0 radical (unpaired) electrons. The highest BCUT2D eigenvalue weighted by atomic mass is 32.2. The molecular weight excluding hydrogens is 286 g/mol. The van der Waals surface area contributed by atoms with E-state index in [2.05, 4.69) is 4.90 Å². The van der Waals surface area contributed by atoms with Crippen LogP contribution in [0, 0.1) is 17.0 Å². The molecule has 5 nitrogen and oxygen atoms in total. The first-order chi connectivity index (χ1) is 10.1. The number of amidine groups is 1. The van der Waals surface area contributed by atoms with E-state index in [1.54, 1.807) is 23.9 Å². The van der Waals surface area contributed by atoms with Gasteiger partial charge in [-0.2, -0.15) is 0 Å². The Hall–Kier alpha value is -1.56. The molecule has 6 heteroatoms. The first kappa shape index (κ1) is 14.4. The van der Waals surface area contributed by atoms with Crippen molar-refractivity contribution in [2.24, 2.45) is 4.99 Å². The molecule has 1 aromatic rings. The molecule has 1 saturated heterocycles. The number of non-ortho nitro benzene ring substituents is 1. The summed E-state index contributed by atoms with van der Waals surface area (Å²) < 4.78 is 0. The monoisotopic (exact) mass is 305 g/mol. The van der Waals surface area contributed by atoms with Crippen molar-refractivity contribution >= 4 is 28.3 Å². The van der Waals surface area contributed by atoms with Gasteiger partial charge in [0.05, 0.1) is 10.6 Å². The van der Waals surface area contributed by atoms with Crippen LogP contribution in [0.3, 0.4) is 0 Å². The van der Waals surface area contributed by atoms with Gasteiger partial charge in [-0.15, -0.1) is 0 Å². The lowest BCUT2D eigenvalue weighted by atomic mass is 10.2. The molecule has 0 amide bonds. The van der Waals surface area contributed by atoms with E-state index < -0.39 is 0 Å². The summed E-state index contributed by atoms with van der Waals surface area (Å²) in [4.78, 5) is 17.6. The fourth-order valence-electron chi connectivity index (χ4n) is 3.05. The maximum atomic E-state index is 10.8. The summed E-state index contributed by atoms with van der Waals surface area (Å²) in [6, 6.07) is 5.52. The van der Waals surface area contributed by atoms with E-state index in [9.17, 15) is 10.1 Å². The lowest BCUT2D eigenvalue weighted by Crippen LogP contribution is -2.33. The molecule has 2 fully saturated rings. The third-order valence-electron chi connectivity index (χ3n) is 4.18. The maximum Gasteiger partial charge on any atom is 0.269 e. The Balaban J connectivity index is 1.84. The van der Waals surface area contributed by atoms with Crippen molar-refractivity contribution < 1.29 is 4.92 Å². The van der Waals surface area contributed by atoms with Crippen LogP contribution in [0.2, 0.25) is 0 Å². The summed E-state index contributed by atoms with van der Waals surface area (Å²) in [6.07, 6.45) is 5.16. The Bertz CT molecular complexity index is 582. The Morgan fingerprint density at radius 3 is 2.81 bits per heavy atom. The van der Waals surface area contributed by atoms with Gasteiger partial charge in [-0.05, 0) is 31.4 Å². The Kier molecular flexibility index (Phi) is 4.14. The molecule has 1 aromatic carbocycles. The number of aryl methyl sites for hydroxylation is 1. The van der Waals surface area contributed by atoms with E-state index in [4.69, 9.17) is 4.99 Å². The van der Waals surface area contributed by atoms with E-state index in [0.717, 1.165) is 28.7 Å². The van der Waals surface area contributed by atoms with Crippen LogP contribution in [0.1, 0.15) is 31.2 Å². The quantitative estimate of drug-likeness (QED) is 0.628. The Labute approximate surface area is 128 Å². The van der Waals surface area contributed by atoms with Gasteiger partial charge in [-0.3, -0.25) is 10.1 Å². The minimum atomic E-state index is -0.362. The fourth-order valence-corrected chi connectivity index (χ4v) is 4.09. The predicted molar refractivity (Wildman–Crippen MR) is 86.3 cm³/mol. The summed E-state index contributed by atoms with van der Waals surface area (Å²) in [6.45, 7) is 2.95. The van der Waals surface area contributed by atoms with Gasteiger partial charge in [-0.25, -0.2) is 4.99 Å². The van der Waals surface area contributed by atoms with Crippen molar-refractivity contribution in [3.8, 4) is 0 Å². The van der Waals surface area contributed by atoms with E-state index in [1.807, 2.05) is 6.92 Å². The van der Waals surface area contributed by atoms with Crippen molar-refractivity contribution in [1.29, 1.82) is 0 Å². The van der Waals surface area contributed by atoms with Gasteiger partial charge < -0.3 is 4.90 Å². The van der Waals surface area contributed by atoms with Crippen LogP contribution < -0.4 is 0 Å². The van der Waals surface area contributed by atoms with Gasteiger partial charge in [0.2, 0.25) is 0 Å². The zero-order valence-corrected chi connectivity index (χ0v) is 12.9. The first-order valence-corrected chi connectivity index (χ1v) is 8.37. The molecule has 1 aliphatic carbocycles. The van der Waals surface area contributed by atoms with E-state index in [0.29, 0.717) is 6.04 Å². The molecule has 0 aromatic heterocycles. The van der Waals surface area contributed by atoms with Crippen molar-refractivity contribution in [3.05, 3.63) is 33.9 Å². The van der Waals surface area contributed by atoms with Crippen LogP contribution in [0.4, 0.5) is 11.4 Å². The molecule has 0 spiro atoms. The van der Waals surface area contributed by atoms with Crippen LogP contribution in [0.25, 0.3) is 0 Å². The zero-order valence-electron chi connectivity index (χ0n) is 12.1. The largest absolute Gasteiger partial charge is 0.347 e. The fraction of sp³-hybridized carbons (Fsp3) is 0.533. The van der Waals surface area contributed by atoms with Gasteiger partial charge in [0.15, 0.2) is 5.17 Å². The third-order valence-corrected chi connectivity index (χ3v) is 5.15. The molecule has 2 aliphatic rings. The molecule has 0 atom stereocenters. The number of thioether (sulfide) groups is 1. The summed E-state index contributed by atoms with van der Waals surface area (Å²) in [7, 11) is 0. The van der Waals surface area contributed by atoms with Crippen LogP contribution in [-0.4, -0.2) is 33.3 Å². The number of hydrogen-bond acceptors (Lipinski definition) is 4. The normalized spacial score (nSPS) is 21.4. The highest BCUT2D eigenvalue weighted by molar-refractivity contribution is 8.14. The minimum absolute atomic E-state index is 0.128. The minimum Gasteiger partial charge on any atom is -0.347 e. The molecule has 112 valence electrons. The van der Waals surface area contributed by atoms with Gasteiger partial charge in [-0.1, -0.05) is 24.6 Å². The highest BCUT2D eigenvalue weighted by Crippen LogP contribution is 2.32. The first-order valence-electron chi connectivity index (χ1n) is 7.38. The number of rotatable bonds is 3. The number of benzene rings is 1. The third kappa shape index (κ3) is 3.05. The van der Waals surface area contributed by atoms with Crippen LogP contribution >= 0.6 is 11.8 Å². The average Bonchev–Trinajstić information content (AvgIpc) is 3.11. The summed E-state index contributed by atoms with van der Waals surface area (Å²) >= 11 is 1.79. The lowest BCUT2D eigenvalue weighted by Gasteiger charge is -2.25. The van der Waals surface area contributed by atoms with E-state index >= 15 is 0 Å². The topological polar surface area (TPSA) is 58.7 Å². The number of aliphatic imine (C=N–C) groups is 1. The van der Waals surface area contributed by atoms with Crippen LogP contribution in [0.15, 0.2) is 23.2 Å². The number of nitro groups is 1. The number of hydrogen-bond donors (Lipinski definition) is 0. The van der Waals surface area contributed by atoms with Crippen molar-refractivity contribution in [2.45, 2.75) is 38.6 Å². The second kappa shape index (κ2) is 6.05. The maximum absolute atomic E-state index is 10.8. The SMILES string of the molecule is Cc1cc([N+](=O)[O-])ccc1/N=C1\SCCN1C1CCCC1. The van der Waals surface area contributed by atoms with Crippen LogP contribution in [-0.2, 0) is 0 Å². The van der Waals surface area contributed by atoms with Gasteiger partial charge in [0, 0.05) is 30.5 Å². The lowest BCUT2D eigenvalue weighted by molar-refractivity contribution is -0.384. The van der Waals surface area contributed by atoms with Gasteiger partial charge >= 0.3 is 0 Å². The molecule has 1 heterocycles. The number of nitrogens with zero attached hydrogens (tertiary/aromatic N) is 3. The molecule has 21 heavy (non-hydrogen) atoms. The van der Waals surface area contributed by atoms with Gasteiger partial charge in [0.25, 0.3) is 5.69 Å². The molecule has 1 saturated carbocycles. The zero-order chi connectivity index (χ0) is 14.8. The summed E-state index contributed by atoms with van der Waals surface area (Å²) in [5.74, 6) is 1.08. The van der Waals surface area contributed by atoms with Crippen molar-refractivity contribution in [2.75, 3.05) is 12.3 Å². The summed E-state index contributed by atoms with van der Waals surface area (Å²) in [5.41, 5.74) is 1.83. The molecular formula is C15H19N3O2S. The molecule has 0 N–H and O–H groups in total. The Morgan fingerprint density at radius 2 is 2.14 bits per heavy atom. The molecule has 0 bridgehead atoms. The molecule has 1 aliphatic heterocycles. The smallest absolute Gasteiger partial charge is 0.269 e. The highest BCUT2D eigenvalue weighted by Gasteiger charge is 2.29. The average molecular weight is 305 g/mol. The van der Waals surface area contributed by atoms with E-state index in [1.165, 1.54) is 31.7 Å². The second-order valence-corrected chi connectivity index (χ2v) is 6.66. The Morgan fingerprint density at radius 1 is 1.38 bits per heavy atom. The van der Waals surface area contributed by atoms with Crippen molar-refractivity contribution in [1.82, 2.24) is 4.90 Å². The standard InChI is InChI=1S/C15H19N3O2S/c1-11-10-13(18(19)20)6-7-14(11)16-15-17(8-9-21-15)12-4-2-3-5-12/h6-7,10,12H,2-5,8-9H2,1H3/b16-15-. The van der Waals surface area contributed by atoms with Gasteiger partial charge in [0.1, 0.15) is 0 Å². The molecule has 0 unspecified atom stereocenters. The van der Waals surface area contributed by atoms with Crippen LogP contribution in [0.5, 0.6) is 0 Å². The van der Waals surface area contributed by atoms with E-state index in [-0.39, 0.29) is 10.6 Å². The number of nitro benzene ring substituents is 1. The predicted octanol–water partition coefficient (Wildman–Crippen LogP) is 3.88. The second-order valence-electron chi connectivity index (χ2n) is 5.60. The summed E-state index contributed by atoms with van der Waals surface area (Å²) in [5, 5.41) is 11.9. The molecule has 3 rings (SSSR count). The van der Waals surface area contributed by atoms with Crippen molar-refractivity contribution in [3.63, 3.8) is 0 Å².